The van der Waals surface area contributed by atoms with Crippen LogP contribution in [0.4, 0.5) is 5.69 Å². The highest BCUT2D eigenvalue weighted by atomic mass is 32.1. The van der Waals surface area contributed by atoms with Gasteiger partial charge in [-0.3, -0.25) is 24.1 Å². The van der Waals surface area contributed by atoms with Crippen LogP contribution in [0.5, 0.6) is 0 Å². The van der Waals surface area contributed by atoms with Crippen molar-refractivity contribution in [3.8, 4) is 0 Å². The number of likely N-dealkylation sites (tertiary alicyclic amines) is 2. The molecule has 0 bridgehead atoms. The van der Waals surface area contributed by atoms with Crippen LogP contribution >= 0.6 is 11.3 Å². The van der Waals surface area contributed by atoms with E-state index < -0.39 is 6.04 Å². The number of piperidine rings is 1. The number of carbonyl (C=O) groups is 4. The fourth-order valence-electron chi connectivity index (χ4n) is 3.89. The summed E-state index contributed by atoms with van der Waals surface area (Å²) in [6.07, 6.45) is 2.98. The molecule has 0 spiro atoms. The third kappa shape index (κ3) is 4.28. The van der Waals surface area contributed by atoms with E-state index in [1.165, 1.54) is 16.2 Å². The Morgan fingerprint density at radius 3 is 2.43 bits per heavy atom. The van der Waals surface area contributed by atoms with Gasteiger partial charge in [-0.25, -0.2) is 0 Å². The van der Waals surface area contributed by atoms with Gasteiger partial charge in [0.2, 0.25) is 17.7 Å². The Balaban J connectivity index is 1.40. The summed E-state index contributed by atoms with van der Waals surface area (Å²) in [6.45, 7) is 0.823. The molecule has 4 rings (SSSR count). The van der Waals surface area contributed by atoms with Gasteiger partial charge in [0.05, 0.1) is 11.4 Å². The molecule has 2 aliphatic rings. The molecule has 1 N–H and O–H groups in total. The molecule has 1 aromatic heterocycles. The Morgan fingerprint density at radius 1 is 1.03 bits per heavy atom. The van der Waals surface area contributed by atoms with Crippen molar-refractivity contribution in [2.45, 2.75) is 44.7 Å². The molecule has 2 fully saturated rings. The molecule has 1 unspecified atom stereocenters. The summed E-state index contributed by atoms with van der Waals surface area (Å²) in [7, 11) is 0. The van der Waals surface area contributed by atoms with Gasteiger partial charge >= 0.3 is 0 Å². The molecule has 4 amide bonds. The van der Waals surface area contributed by atoms with Crippen LogP contribution in [-0.4, -0.2) is 46.0 Å². The summed E-state index contributed by atoms with van der Waals surface area (Å²) in [6, 6.07) is 10.2. The molecule has 1 aromatic carbocycles. The highest BCUT2D eigenvalue weighted by Crippen LogP contribution is 2.23. The number of benzene rings is 1. The van der Waals surface area contributed by atoms with Crippen LogP contribution in [0.2, 0.25) is 0 Å². The molecule has 2 aliphatic heterocycles. The number of carbonyl (C=O) groups excluding carboxylic acids is 4. The van der Waals surface area contributed by atoms with Crippen LogP contribution in [0.25, 0.3) is 0 Å². The maximum absolute atomic E-state index is 12.9. The van der Waals surface area contributed by atoms with E-state index in [9.17, 15) is 19.2 Å². The first kappa shape index (κ1) is 20.3. The average molecular weight is 426 g/mol. The second-order valence-corrected chi connectivity index (χ2v) is 8.49. The number of nitrogens with zero attached hydrogens (tertiary/aromatic N) is 2. The maximum Gasteiger partial charge on any atom is 0.264 e. The Morgan fingerprint density at radius 2 is 1.77 bits per heavy atom. The van der Waals surface area contributed by atoms with E-state index in [2.05, 4.69) is 5.32 Å². The molecule has 1 atom stereocenters. The first-order valence-corrected chi connectivity index (χ1v) is 11.0. The van der Waals surface area contributed by atoms with Gasteiger partial charge in [0.15, 0.2) is 0 Å². The fourth-order valence-corrected chi connectivity index (χ4v) is 4.57. The van der Waals surface area contributed by atoms with Crippen LogP contribution in [-0.2, 0) is 20.9 Å². The van der Waals surface area contributed by atoms with Crippen LogP contribution < -0.4 is 5.32 Å². The third-order valence-electron chi connectivity index (χ3n) is 5.52. The Kier molecular flexibility index (Phi) is 5.94. The highest BCUT2D eigenvalue weighted by molar-refractivity contribution is 7.12. The molecule has 8 heteroatoms. The number of rotatable bonds is 5. The fraction of sp³-hybridized carbons (Fsp3) is 0.364. The van der Waals surface area contributed by atoms with Crippen LogP contribution in [0, 0.1) is 0 Å². The first-order chi connectivity index (χ1) is 14.5. The molecule has 2 saturated heterocycles. The average Bonchev–Trinajstić information content (AvgIpc) is 3.41. The number of amides is 4. The lowest BCUT2D eigenvalue weighted by Crippen LogP contribution is -2.49. The minimum absolute atomic E-state index is 0.0971. The van der Waals surface area contributed by atoms with Crippen LogP contribution in [0.1, 0.15) is 47.3 Å². The minimum Gasteiger partial charge on any atom is -0.326 e. The number of imide groups is 1. The van der Waals surface area contributed by atoms with E-state index in [0.717, 1.165) is 18.4 Å². The molecule has 2 aromatic rings. The minimum atomic E-state index is -0.493. The lowest BCUT2D eigenvalue weighted by molar-refractivity contribution is -0.139. The SMILES string of the molecule is O=C(Nc1ccc(CN2C(=O)CCC2=O)cc1)C1CCCCN1C(=O)c1cccs1. The summed E-state index contributed by atoms with van der Waals surface area (Å²) < 4.78 is 0. The maximum atomic E-state index is 12.9. The van der Waals surface area contributed by atoms with E-state index in [0.29, 0.717) is 23.5 Å². The molecule has 0 radical (unpaired) electrons. The predicted octanol–water partition coefficient (Wildman–Crippen LogP) is 3.03. The zero-order valence-corrected chi connectivity index (χ0v) is 17.3. The van der Waals surface area contributed by atoms with Gasteiger partial charge in [0.25, 0.3) is 5.91 Å². The van der Waals surface area contributed by atoms with E-state index >= 15 is 0 Å². The zero-order valence-electron chi connectivity index (χ0n) is 16.5. The second-order valence-electron chi connectivity index (χ2n) is 7.55. The van der Waals surface area contributed by atoms with Gasteiger partial charge in [-0.1, -0.05) is 18.2 Å². The van der Waals surface area contributed by atoms with Crippen molar-refractivity contribution < 1.29 is 19.2 Å². The Bertz CT molecular complexity index is 939. The number of nitrogens with one attached hydrogen (secondary N) is 1. The summed E-state index contributed by atoms with van der Waals surface area (Å²) in [5.41, 5.74) is 1.45. The molecule has 7 nitrogen and oxygen atoms in total. The summed E-state index contributed by atoms with van der Waals surface area (Å²) in [5, 5.41) is 4.76. The van der Waals surface area contributed by atoms with E-state index in [-0.39, 0.29) is 43.0 Å². The highest BCUT2D eigenvalue weighted by Gasteiger charge is 2.33. The molecule has 3 heterocycles. The lowest BCUT2D eigenvalue weighted by atomic mass is 10.0. The van der Waals surface area contributed by atoms with E-state index in [4.69, 9.17) is 0 Å². The molecular weight excluding hydrogens is 402 g/mol. The second kappa shape index (κ2) is 8.79. The Labute approximate surface area is 178 Å². The first-order valence-electron chi connectivity index (χ1n) is 10.1. The lowest BCUT2D eigenvalue weighted by Gasteiger charge is -2.34. The third-order valence-corrected chi connectivity index (χ3v) is 6.37. The quantitative estimate of drug-likeness (QED) is 0.746. The number of hydrogen-bond donors (Lipinski definition) is 1. The smallest absolute Gasteiger partial charge is 0.264 e. The Hall–Kier alpha value is -3.00. The van der Waals surface area contributed by atoms with Crippen molar-refractivity contribution in [2.75, 3.05) is 11.9 Å². The predicted molar refractivity (Wildman–Crippen MR) is 113 cm³/mol. The molecular formula is C22H23N3O4S. The molecule has 0 saturated carbocycles. The van der Waals surface area contributed by atoms with Crippen molar-refractivity contribution in [3.63, 3.8) is 0 Å². The van der Waals surface area contributed by atoms with Crippen LogP contribution in [0.15, 0.2) is 41.8 Å². The van der Waals surface area contributed by atoms with Gasteiger partial charge in [-0.05, 0) is 48.4 Å². The standard InChI is InChI=1S/C22H23N3O4S/c26-19-10-11-20(27)25(19)14-15-6-8-16(9-7-15)23-21(28)17-4-1-2-12-24(17)22(29)18-5-3-13-30-18/h3,5-9,13,17H,1-2,4,10-12,14H2,(H,23,28). The van der Waals surface area contributed by atoms with Gasteiger partial charge in [0.1, 0.15) is 6.04 Å². The van der Waals surface area contributed by atoms with Crippen molar-refractivity contribution in [2.24, 2.45) is 0 Å². The van der Waals surface area contributed by atoms with Gasteiger partial charge in [-0.15, -0.1) is 11.3 Å². The van der Waals surface area contributed by atoms with E-state index in [1.807, 2.05) is 11.4 Å². The largest absolute Gasteiger partial charge is 0.326 e. The number of hydrogen-bond acceptors (Lipinski definition) is 5. The summed E-state index contributed by atoms with van der Waals surface area (Å²) >= 11 is 1.38. The van der Waals surface area contributed by atoms with Crippen molar-refractivity contribution in [1.82, 2.24) is 9.80 Å². The van der Waals surface area contributed by atoms with Crippen molar-refractivity contribution in [1.29, 1.82) is 0 Å². The monoisotopic (exact) mass is 425 g/mol. The van der Waals surface area contributed by atoms with Crippen molar-refractivity contribution >= 4 is 40.7 Å². The molecule has 30 heavy (non-hydrogen) atoms. The van der Waals surface area contributed by atoms with Crippen molar-refractivity contribution in [3.05, 3.63) is 52.2 Å². The molecule has 156 valence electrons. The summed E-state index contributed by atoms with van der Waals surface area (Å²) in [5.74, 6) is -0.590. The van der Waals surface area contributed by atoms with Crippen LogP contribution in [0.3, 0.4) is 0 Å². The molecule has 0 aliphatic carbocycles. The van der Waals surface area contributed by atoms with Gasteiger partial charge in [-0.2, -0.15) is 0 Å². The normalized spacial score (nSPS) is 19.3. The topological polar surface area (TPSA) is 86.8 Å². The van der Waals surface area contributed by atoms with E-state index in [1.54, 1.807) is 35.2 Å². The van der Waals surface area contributed by atoms with Gasteiger partial charge in [0, 0.05) is 25.1 Å². The number of thiophene rings is 1. The van der Waals surface area contributed by atoms with Gasteiger partial charge < -0.3 is 10.2 Å². The summed E-state index contributed by atoms with van der Waals surface area (Å²) in [4.78, 5) is 52.8. The number of anilines is 1. The zero-order chi connectivity index (χ0) is 21.1.